The summed E-state index contributed by atoms with van der Waals surface area (Å²) in [6.07, 6.45) is 1.19. The van der Waals surface area contributed by atoms with Crippen LogP contribution in [0, 0.1) is 0 Å². The molecule has 2 bridgehead atoms. The molecule has 9 heteroatoms. The largest absolute Gasteiger partial charge is 0.489 e. The maximum atomic E-state index is 13.1. The summed E-state index contributed by atoms with van der Waals surface area (Å²) in [5, 5.41) is 0. The number of ether oxygens (including phenoxy) is 1. The van der Waals surface area contributed by atoms with Crippen molar-refractivity contribution >= 4 is 10.0 Å². The molecule has 2 aliphatic heterocycles. The summed E-state index contributed by atoms with van der Waals surface area (Å²) >= 11 is 0. The number of fused-ring (bicyclic) bond motifs is 2. The molecule has 0 radical (unpaired) electrons. The number of hydrogen-bond acceptors (Lipinski definition) is 4. The molecule has 0 saturated carbocycles. The predicted molar refractivity (Wildman–Crippen MR) is 95.2 cm³/mol. The van der Waals surface area contributed by atoms with Crippen molar-refractivity contribution in [2.75, 3.05) is 0 Å². The molecule has 0 amide bonds. The standard InChI is InChI=1S/C19H19F3N2O3S/c20-19(21,22)13-3-7-18(8-4-13)28(25,26)24-14-5-6-15(24)11-17(10-14)27-16-2-1-9-23-12-16/h1-4,7-9,12,14-15,17H,5-6,10-11H2/t14-,15-/m0/s1. The van der Waals surface area contributed by atoms with Gasteiger partial charge in [-0.3, -0.25) is 4.98 Å². The first-order valence-corrected chi connectivity index (χ1v) is 10.5. The summed E-state index contributed by atoms with van der Waals surface area (Å²) in [5.41, 5.74) is -0.863. The van der Waals surface area contributed by atoms with Gasteiger partial charge in [0, 0.05) is 31.1 Å². The topological polar surface area (TPSA) is 59.5 Å². The zero-order valence-corrected chi connectivity index (χ0v) is 15.7. The maximum absolute atomic E-state index is 13.1. The fourth-order valence-electron chi connectivity index (χ4n) is 4.12. The Balaban J connectivity index is 1.52. The van der Waals surface area contributed by atoms with Gasteiger partial charge in [-0.2, -0.15) is 17.5 Å². The molecule has 2 fully saturated rings. The van der Waals surface area contributed by atoms with E-state index >= 15 is 0 Å². The number of pyridine rings is 1. The van der Waals surface area contributed by atoms with Crippen LogP contribution in [0.3, 0.4) is 0 Å². The number of rotatable bonds is 4. The minimum absolute atomic E-state index is 0.107. The molecule has 150 valence electrons. The molecule has 0 N–H and O–H groups in total. The minimum Gasteiger partial charge on any atom is -0.489 e. The third kappa shape index (κ3) is 3.60. The number of halogens is 3. The van der Waals surface area contributed by atoms with Crippen LogP contribution >= 0.6 is 0 Å². The highest BCUT2D eigenvalue weighted by Gasteiger charge is 2.48. The molecular formula is C19H19F3N2O3S. The molecule has 28 heavy (non-hydrogen) atoms. The molecule has 5 nitrogen and oxygen atoms in total. The number of aromatic nitrogens is 1. The Morgan fingerprint density at radius 2 is 1.68 bits per heavy atom. The van der Waals surface area contributed by atoms with Gasteiger partial charge >= 0.3 is 6.18 Å². The second-order valence-electron chi connectivity index (χ2n) is 7.14. The van der Waals surface area contributed by atoms with E-state index in [-0.39, 0.29) is 23.1 Å². The molecule has 0 unspecified atom stereocenters. The first-order chi connectivity index (χ1) is 13.2. The minimum atomic E-state index is -4.50. The molecule has 0 spiro atoms. The van der Waals surface area contributed by atoms with Gasteiger partial charge < -0.3 is 4.74 Å². The smallest absolute Gasteiger partial charge is 0.416 e. The molecule has 0 aliphatic carbocycles. The van der Waals surface area contributed by atoms with Crippen molar-refractivity contribution in [2.45, 2.75) is 54.9 Å². The van der Waals surface area contributed by atoms with Crippen LogP contribution in [-0.2, 0) is 16.2 Å². The molecule has 2 saturated heterocycles. The number of sulfonamides is 1. The molecule has 1 aromatic carbocycles. The molecule has 2 atom stereocenters. The van der Waals surface area contributed by atoms with Crippen molar-refractivity contribution < 1.29 is 26.3 Å². The van der Waals surface area contributed by atoms with Crippen LogP contribution < -0.4 is 4.74 Å². The highest BCUT2D eigenvalue weighted by Crippen LogP contribution is 2.41. The Hall–Kier alpha value is -2.13. The van der Waals surface area contributed by atoms with Gasteiger partial charge in [0.15, 0.2) is 0 Å². The maximum Gasteiger partial charge on any atom is 0.416 e. The second-order valence-corrected chi connectivity index (χ2v) is 8.99. The van der Waals surface area contributed by atoms with Crippen LogP contribution in [0.15, 0.2) is 53.7 Å². The first kappa shape index (κ1) is 19.2. The summed E-state index contributed by atoms with van der Waals surface area (Å²) in [7, 11) is -3.86. The zero-order valence-electron chi connectivity index (χ0n) is 14.8. The Morgan fingerprint density at radius 3 is 2.21 bits per heavy atom. The number of piperidine rings is 1. The van der Waals surface area contributed by atoms with Crippen LogP contribution in [0.1, 0.15) is 31.2 Å². The highest BCUT2D eigenvalue weighted by atomic mass is 32.2. The highest BCUT2D eigenvalue weighted by molar-refractivity contribution is 7.89. The Bertz CT molecular complexity index is 919. The van der Waals surface area contributed by atoms with Crippen LogP contribution in [-0.4, -0.2) is 35.9 Å². The van der Waals surface area contributed by atoms with Gasteiger partial charge in [-0.1, -0.05) is 0 Å². The first-order valence-electron chi connectivity index (χ1n) is 9.02. The number of benzene rings is 1. The molecule has 1 aromatic heterocycles. The normalized spacial score (nSPS) is 25.6. The van der Waals surface area contributed by atoms with Gasteiger partial charge in [0.1, 0.15) is 11.9 Å². The third-order valence-corrected chi connectivity index (χ3v) is 7.34. The van der Waals surface area contributed by atoms with Gasteiger partial charge in [0.05, 0.1) is 16.7 Å². The van der Waals surface area contributed by atoms with Gasteiger partial charge in [-0.15, -0.1) is 0 Å². The van der Waals surface area contributed by atoms with E-state index in [1.165, 1.54) is 4.31 Å². The average Bonchev–Trinajstić information content (AvgIpc) is 2.94. The molecule has 4 rings (SSSR count). The number of nitrogens with zero attached hydrogens (tertiary/aromatic N) is 2. The SMILES string of the molecule is O=S(=O)(c1ccc(C(F)(F)F)cc1)N1[C@H]2CC[C@H]1CC(Oc1cccnc1)C2. The van der Waals surface area contributed by atoms with Crippen molar-refractivity contribution in [3.8, 4) is 5.75 Å². The Morgan fingerprint density at radius 1 is 1.04 bits per heavy atom. The summed E-state index contributed by atoms with van der Waals surface area (Å²) in [5.74, 6) is 0.644. The lowest BCUT2D eigenvalue weighted by atomic mass is 10.0. The second kappa shape index (κ2) is 7.04. The molecule has 3 heterocycles. The van der Waals surface area contributed by atoms with E-state index in [1.54, 1.807) is 24.5 Å². The lowest BCUT2D eigenvalue weighted by Gasteiger charge is -2.37. The van der Waals surface area contributed by atoms with Crippen molar-refractivity contribution in [3.05, 3.63) is 54.4 Å². The van der Waals surface area contributed by atoms with E-state index in [9.17, 15) is 21.6 Å². The molecule has 2 aliphatic rings. The predicted octanol–water partition coefficient (Wildman–Crippen LogP) is 3.86. The summed E-state index contributed by atoms with van der Waals surface area (Å²) in [6.45, 7) is 0. The molecular weight excluding hydrogens is 393 g/mol. The van der Waals surface area contributed by atoms with Gasteiger partial charge in [0.2, 0.25) is 10.0 Å². The van der Waals surface area contributed by atoms with Crippen molar-refractivity contribution in [1.82, 2.24) is 9.29 Å². The lowest BCUT2D eigenvalue weighted by Crippen LogP contribution is -2.49. The quantitative estimate of drug-likeness (QED) is 0.765. The molecule has 2 aromatic rings. The number of alkyl halides is 3. The Labute approximate surface area is 161 Å². The van der Waals surface area contributed by atoms with Crippen molar-refractivity contribution in [2.24, 2.45) is 0 Å². The fourth-order valence-corrected chi connectivity index (χ4v) is 6.01. The monoisotopic (exact) mass is 412 g/mol. The van der Waals surface area contributed by atoms with E-state index < -0.39 is 21.8 Å². The van der Waals surface area contributed by atoms with Gasteiger partial charge in [-0.05, 0) is 49.2 Å². The number of hydrogen-bond donors (Lipinski definition) is 0. The summed E-state index contributed by atoms with van der Waals surface area (Å²) < 4.78 is 71.8. The van der Waals surface area contributed by atoms with E-state index in [4.69, 9.17) is 4.74 Å². The summed E-state index contributed by atoms with van der Waals surface area (Å²) in [6, 6.07) is 6.85. The van der Waals surface area contributed by atoms with Crippen LogP contribution in [0.25, 0.3) is 0 Å². The summed E-state index contributed by atoms with van der Waals surface area (Å²) in [4.78, 5) is 3.90. The lowest BCUT2D eigenvalue weighted by molar-refractivity contribution is -0.137. The van der Waals surface area contributed by atoms with Crippen molar-refractivity contribution in [1.29, 1.82) is 0 Å². The average molecular weight is 412 g/mol. The van der Waals surface area contributed by atoms with E-state index in [1.807, 2.05) is 0 Å². The fraction of sp³-hybridized carbons (Fsp3) is 0.421. The van der Waals surface area contributed by atoms with Gasteiger partial charge in [0.25, 0.3) is 0 Å². The van der Waals surface area contributed by atoms with E-state index in [0.717, 1.165) is 37.1 Å². The van der Waals surface area contributed by atoms with Crippen LogP contribution in [0.4, 0.5) is 13.2 Å². The van der Waals surface area contributed by atoms with Gasteiger partial charge in [-0.25, -0.2) is 8.42 Å². The van der Waals surface area contributed by atoms with E-state index in [2.05, 4.69) is 4.98 Å². The van der Waals surface area contributed by atoms with Crippen molar-refractivity contribution in [3.63, 3.8) is 0 Å². The zero-order chi connectivity index (χ0) is 19.9. The van der Waals surface area contributed by atoms with Crippen LogP contribution in [0.2, 0.25) is 0 Å². The Kier molecular flexibility index (Phi) is 4.83. The third-order valence-electron chi connectivity index (χ3n) is 5.32. The van der Waals surface area contributed by atoms with E-state index in [0.29, 0.717) is 18.6 Å². The van der Waals surface area contributed by atoms with Crippen LogP contribution in [0.5, 0.6) is 5.75 Å².